The maximum absolute atomic E-state index is 16.9. The molecule has 0 aliphatic heterocycles. The first-order valence-corrected chi connectivity index (χ1v) is 25.6. The van der Waals surface area contributed by atoms with Gasteiger partial charge in [0.1, 0.15) is 66.4 Å². The van der Waals surface area contributed by atoms with Crippen LogP contribution in [0.3, 0.4) is 0 Å². The van der Waals surface area contributed by atoms with Crippen molar-refractivity contribution in [2.45, 2.75) is 142 Å². The topological polar surface area (TPSA) is 109 Å². The average molecular weight is 1270 g/mol. The van der Waals surface area contributed by atoms with Crippen LogP contribution in [0.1, 0.15) is 62.3 Å². The van der Waals surface area contributed by atoms with Gasteiger partial charge in [-0.2, -0.15) is 101 Å². The fourth-order valence-electron chi connectivity index (χ4n) is 7.31. The molecule has 0 aliphatic rings. The molecule has 3 aromatic carbocycles. The summed E-state index contributed by atoms with van der Waals surface area (Å²) in [6, 6.07) is 5.30. The molecule has 0 N–H and O–H groups in total. The monoisotopic (exact) mass is 1270 g/mol. The minimum atomic E-state index is -9.70. The lowest BCUT2D eigenvalue weighted by Crippen LogP contribution is -2.78. The van der Waals surface area contributed by atoms with Crippen LogP contribution in [-0.4, -0.2) is 131 Å². The molecule has 11 nitrogen and oxygen atoms in total. The zero-order valence-corrected chi connectivity index (χ0v) is 45.2. The first kappa shape index (κ1) is 71.3. The summed E-state index contributed by atoms with van der Waals surface area (Å²) in [7, 11) is -5.67. The zero-order chi connectivity index (χ0) is 64.2. The quantitative estimate of drug-likeness (QED) is 0.0557. The summed E-state index contributed by atoms with van der Waals surface area (Å²) in [5.41, 5.74) is 0. The molecule has 83 heavy (non-hydrogen) atoms. The number of rotatable bonds is 32. The molecule has 0 saturated heterocycles. The van der Waals surface area contributed by atoms with Crippen LogP contribution in [-0.2, 0) is 8.98 Å². The highest BCUT2D eigenvalue weighted by Gasteiger charge is 2.99. The molecular weight excluding hydrogens is 1220 g/mol. The van der Waals surface area contributed by atoms with Crippen LogP contribution in [0.4, 0.5) is 101 Å². The molecule has 0 aromatic heterocycles. The number of halogens is 23. The minimum Gasteiger partial charge on any atom is -0.494 e. The number of hydrogen-bond donors (Lipinski definition) is 0. The van der Waals surface area contributed by atoms with E-state index in [0.29, 0.717) is 0 Å². The highest BCUT2D eigenvalue weighted by atomic mass is 32.3. The number of carbonyl (C=O) groups excluding carboxylic acids is 1. The number of ether oxygens (including phenoxy) is 9. The molecule has 0 radical (unpaired) electrons. The Kier molecular flexibility index (Phi) is 21.8. The predicted molar refractivity (Wildman–Crippen MR) is 244 cm³/mol. The maximum Gasteiger partial charge on any atom is 0.460 e. The van der Waals surface area contributed by atoms with Gasteiger partial charge < -0.3 is 46.8 Å². The summed E-state index contributed by atoms with van der Waals surface area (Å²) in [6.45, 7) is 7.56. The molecule has 476 valence electrons. The molecule has 0 spiro atoms. The van der Waals surface area contributed by atoms with Gasteiger partial charge >= 0.3 is 71.4 Å². The standard InChI is InChI=1S/C48H51F23O11S/c1-10-73-25-19-28(76-13-4)34(29(20-25)77-14-5)83(35-30(78-15-6)21-26(74-11-2)22-31(35)79-16-7,36-32(80-17-8)23-27(75-12-3)24-33(36)81-18-9)82-37(72)38(49,50)39(51,52)40(53,54)41(55,56)42(57,58)43(59,60)44(61,62)45(63,64)46(65,66)47(67,68)48(69,70)71/h19-24H,10-18H2,1-9H3. The van der Waals surface area contributed by atoms with Crippen LogP contribution < -0.4 is 42.6 Å². The Morgan fingerprint density at radius 2 is 0.482 bits per heavy atom. The van der Waals surface area contributed by atoms with E-state index in [1.807, 2.05) is 0 Å². The van der Waals surface area contributed by atoms with E-state index in [4.69, 9.17) is 46.8 Å². The highest BCUT2D eigenvalue weighted by Crippen LogP contribution is 2.81. The highest BCUT2D eigenvalue weighted by molar-refractivity contribution is 8.30. The van der Waals surface area contributed by atoms with Crippen molar-refractivity contribution in [3.8, 4) is 51.7 Å². The van der Waals surface area contributed by atoms with Crippen molar-refractivity contribution in [3.05, 3.63) is 36.4 Å². The second-order valence-electron chi connectivity index (χ2n) is 16.3. The van der Waals surface area contributed by atoms with Crippen molar-refractivity contribution in [3.63, 3.8) is 0 Å². The van der Waals surface area contributed by atoms with E-state index in [-0.39, 0.29) is 37.1 Å². The lowest BCUT2D eigenvalue weighted by molar-refractivity contribution is -0.477. The van der Waals surface area contributed by atoms with Crippen molar-refractivity contribution in [2.24, 2.45) is 0 Å². The molecule has 0 atom stereocenters. The summed E-state index contributed by atoms with van der Waals surface area (Å²) in [5, 5.41) is 0. The molecule has 0 amide bonds. The summed E-state index contributed by atoms with van der Waals surface area (Å²) in [5.74, 6) is -102. The minimum absolute atomic E-state index is 0.223. The molecule has 3 rings (SSSR count). The Labute approximate surface area is 458 Å². The van der Waals surface area contributed by atoms with Gasteiger partial charge in [-0.05, 0) is 62.3 Å². The molecule has 0 saturated carbocycles. The largest absolute Gasteiger partial charge is 0.494 e. The predicted octanol–water partition coefficient (Wildman–Crippen LogP) is 15.9. The van der Waals surface area contributed by atoms with E-state index in [1.54, 1.807) is 0 Å². The third-order valence-electron chi connectivity index (χ3n) is 10.9. The van der Waals surface area contributed by atoms with E-state index >= 15 is 43.9 Å². The van der Waals surface area contributed by atoms with Gasteiger partial charge in [0.2, 0.25) is 0 Å². The summed E-state index contributed by atoms with van der Waals surface area (Å²) in [4.78, 5) is 11.5. The van der Waals surface area contributed by atoms with Crippen molar-refractivity contribution in [1.82, 2.24) is 0 Å². The Morgan fingerprint density at radius 3 is 0.663 bits per heavy atom. The van der Waals surface area contributed by atoms with E-state index in [0.717, 1.165) is 36.4 Å². The number of alkyl halides is 23. The average Bonchev–Trinajstić information content (AvgIpc) is 0.992. The molecule has 0 bridgehead atoms. The molecule has 3 aromatic rings. The number of benzene rings is 3. The molecule has 0 aliphatic carbocycles. The van der Waals surface area contributed by atoms with Crippen LogP contribution in [0.15, 0.2) is 51.1 Å². The third kappa shape index (κ3) is 11.8. The van der Waals surface area contributed by atoms with Crippen molar-refractivity contribution < 1.29 is 153 Å². The Hall–Kier alpha value is -5.93. The van der Waals surface area contributed by atoms with Gasteiger partial charge in [0.05, 0.1) is 59.5 Å². The van der Waals surface area contributed by atoms with Crippen LogP contribution in [0.25, 0.3) is 0 Å². The second kappa shape index (κ2) is 25.3. The van der Waals surface area contributed by atoms with Crippen LogP contribution in [0, 0.1) is 0 Å². The van der Waals surface area contributed by atoms with Gasteiger partial charge in [0, 0.05) is 46.7 Å². The van der Waals surface area contributed by atoms with Gasteiger partial charge in [0.15, 0.2) is 0 Å². The number of hydrogen-bond acceptors (Lipinski definition) is 11. The lowest BCUT2D eigenvalue weighted by Gasteiger charge is -2.46. The second-order valence-corrected chi connectivity index (χ2v) is 18.8. The smallest absolute Gasteiger partial charge is 0.460 e. The van der Waals surface area contributed by atoms with E-state index < -0.39 is 171 Å². The lowest BCUT2D eigenvalue weighted by atomic mass is 9.85. The molecule has 0 fully saturated rings. The SMILES string of the molecule is CCOc1cc(OCC)c(S(OC(=O)C(F)(F)C(F)(F)C(F)(F)C(F)(F)C(F)(F)C(F)(F)C(F)(F)C(F)(F)C(F)(F)C(F)(F)C(F)(F)F)(c2c(OCC)cc(OCC)cc2OCC)c2c(OCC)cc(OCC)cc2OCC)c(OCC)c1. The fraction of sp³-hybridized carbons (Fsp3) is 0.604. The van der Waals surface area contributed by atoms with Gasteiger partial charge in [-0.25, -0.2) is 4.79 Å². The van der Waals surface area contributed by atoms with Gasteiger partial charge in [0.25, 0.3) is 0 Å². The van der Waals surface area contributed by atoms with Gasteiger partial charge in [-0.15, -0.1) is 0 Å². The van der Waals surface area contributed by atoms with Gasteiger partial charge in [-0.3, -0.25) is 0 Å². The zero-order valence-electron chi connectivity index (χ0n) is 44.4. The van der Waals surface area contributed by atoms with Crippen molar-refractivity contribution in [1.29, 1.82) is 0 Å². The normalized spacial score (nSPS) is 14.0. The third-order valence-corrected chi connectivity index (χ3v) is 14.3. The first-order valence-electron chi connectivity index (χ1n) is 24.0. The van der Waals surface area contributed by atoms with E-state index in [1.165, 1.54) is 62.3 Å². The van der Waals surface area contributed by atoms with Crippen molar-refractivity contribution in [2.75, 3.05) is 59.5 Å². The van der Waals surface area contributed by atoms with Crippen LogP contribution in [0.5, 0.6) is 51.7 Å². The Bertz CT molecular complexity index is 2460. The molecular formula is C48H51F23O11S. The number of carbonyl (C=O) groups is 1. The first-order chi connectivity index (χ1) is 37.9. The Morgan fingerprint density at radius 1 is 0.301 bits per heavy atom. The fourth-order valence-corrected chi connectivity index (χ4v) is 10.9. The van der Waals surface area contributed by atoms with Crippen LogP contribution in [0.2, 0.25) is 0 Å². The molecule has 35 heteroatoms. The molecule has 0 unspecified atom stereocenters. The Balaban J connectivity index is 2.84. The van der Waals surface area contributed by atoms with E-state index in [2.05, 4.69) is 0 Å². The maximum atomic E-state index is 16.9. The van der Waals surface area contributed by atoms with Gasteiger partial charge in [-0.1, -0.05) is 0 Å². The summed E-state index contributed by atoms with van der Waals surface area (Å²) >= 11 is 0. The van der Waals surface area contributed by atoms with E-state index in [9.17, 15) is 61.9 Å². The van der Waals surface area contributed by atoms with Crippen molar-refractivity contribution >= 4 is 16.3 Å². The summed E-state index contributed by atoms with van der Waals surface area (Å²) in [6.07, 6.45) is -8.24. The molecule has 0 heterocycles. The van der Waals surface area contributed by atoms with Crippen LogP contribution >= 0.6 is 10.3 Å². The summed E-state index contributed by atoms with van der Waals surface area (Å²) < 4.78 is 398.